The first-order valence-electron chi connectivity index (χ1n) is 8.66. The fourth-order valence-electron chi connectivity index (χ4n) is 2.50. The maximum Gasteiger partial charge on any atom is 0.251 e. The van der Waals surface area contributed by atoms with Gasteiger partial charge in [-0.3, -0.25) is 4.79 Å². The number of ether oxygens (including phenoxy) is 1. The van der Waals surface area contributed by atoms with Gasteiger partial charge in [-0.1, -0.05) is 25.0 Å². The van der Waals surface area contributed by atoms with Crippen LogP contribution in [0.1, 0.15) is 35.7 Å². The lowest BCUT2D eigenvalue weighted by molar-refractivity contribution is 0.0950. The van der Waals surface area contributed by atoms with E-state index in [0.29, 0.717) is 24.2 Å². The van der Waals surface area contributed by atoms with Gasteiger partial charge in [-0.25, -0.2) is 9.37 Å². The summed E-state index contributed by atoms with van der Waals surface area (Å²) < 4.78 is 20.9. The summed E-state index contributed by atoms with van der Waals surface area (Å²) in [6, 6.07) is 10.2. The summed E-state index contributed by atoms with van der Waals surface area (Å²) in [6.45, 7) is 2.38. The highest BCUT2D eigenvalue weighted by atomic mass is 32.1. The molecule has 1 N–H and O–H groups in total. The molecule has 1 heterocycles. The van der Waals surface area contributed by atoms with Gasteiger partial charge in [0.05, 0.1) is 22.3 Å². The average molecular weight is 382 g/mol. The maximum atomic E-state index is 14.5. The first-order valence-corrected chi connectivity index (χ1v) is 9.54. The Bertz CT molecular complexity index is 1000. The van der Waals surface area contributed by atoms with Crippen LogP contribution in [0.15, 0.2) is 41.9 Å². The normalized spacial score (nSPS) is 10.3. The Morgan fingerprint density at radius 1 is 1.30 bits per heavy atom. The summed E-state index contributed by atoms with van der Waals surface area (Å²) in [7, 11) is 0. The number of benzene rings is 2. The van der Waals surface area contributed by atoms with Gasteiger partial charge in [0.15, 0.2) is 11.6 Å². The van der Waals surface area contributed by atoms with Crippen LogP contribution in [-0.2, 0) is 6.54 Å². The van der Waals surface area contributed by atoms with Crippen molar-refractivity contribution in [1.82, 2.24) is 10.3 Å². The molecule has 0 fully saturated rings. The van der Waals surface area contributed by atoms with Crippen molar-refractivity contribution >= 4 is 27.5 Å². The molecule has 3 rings (SSSR count). The summed E-state index contributed by atoms with van der Waals surface area (Å²) in [6.07, 6.45) is 1.34. The minimum Gasteiger partial charge on any atom is -0.490 e. The number of rotatable bonds is 6. The third-order valence-corrected chi connectivity index (χ3v) is 4.65. The van der Waals surface area contributed by atoms with Gasteiger partial charge in [0.2, 0.25) is 0 Å². The molecule has 6 heteroatoms. The van der Waals surface area contributed by atoms with E-state index in [4.69, 9.17) is 4.74 Å². The highest BCUT2D eigenvalue weighted by Gasteiger charge is 2.12. The number of thiazole rings is 1. The molecule has 0 unspecified atom stereocenters. The van der Waals surface area contributed by atoms with E-state index in [2.05, 4.69) is 22.1 Å². The van der Waals surface area contributed by atoms with Crippen LogP contribution in [0.25, 0.3) is 10.2 Å². The summed E-state index contributed by atoms with van der Waals surface area (Å²) in [5, 5.41) is 2.75. The van der Waals surface area contributed by atoms with Gasteiger partial charge in [-0.05, 0) is 24.3 Å². The Morgan fingerprint density at radius 3 is 3.04 bits per heavy atom. The van der Waals surface area contributed by atoms with Gasteiger partial charge in [-0.15, -0.1) is 17.3 Å². The summed E-state index contributed by atoms with van der Waals surface area (Å²) in [4.78, 5) is 16.5. The summed E-state index contributed by atoms with van der Waals surface area (Å²) >= 11 is 1.47. The van der Waals surface area contributed by atoms with Crippen LogP contribution in [0, 0.1) is 17.7 Å². The van der Waals surface area contributed by atoms with Gasteiger partial charge in [-0.2, -0.15) is 0 Å². The van der Waals surface area contributed by atoms with Crippen molar-refractivity contribution in [3.05, 3.63) is 58.9 Å². The number of hydrogen-bond acceptors (Lipinski definition) is 4. The number of nitrogens with one attached hydrogen (secondary N) is 1. The number of carbonyl (C=O) groups is 1. The third kappa shape index (κ3) is 4.83. The summed E-state index contributed by atoms with van der Waals surface area (Å²) in [5.41, 5.74) is 3.49. The third-order valence-electron chi connectivity index (χ3n) is 3.86. The fraction of sp³-hybridized carbons (Fsp3) is 0.238. The minimum atomic E-state index is -0.459. The fourth-order valence-corrected chi connectivity index (χ4v) is 3.22. The molecule has 0 aliphatic heterocycles. The van der Waals surface area contributed by atoms with Gasteiger partial charge in [0.1, 0.15) is 0 Å². The lowest BCUT2D eigenvalue weighted by Gasteiger charge is -2.10. The molecule has 3 aromatic rings. The second kappa shape index (κ2) is 9.15. The van der Waals surface area contributed by atoms with Crippen molar-refractivity contribution in [2.24, 2.45) is 0 Å². The average Bonchev–Trinajstić information content (AvgIpc) is 3.15. The minimum absolute atomic E-state index is 0.0816. The Kier molecular flexibility index (Phi) is 6.39. The quantitative estimate of drug-likeness (QED) is 0.503. The van der Waals surface area contributed by atoms with E-state index < -0.39 is 5.82 Å². The Balaban J connectivity index is 1.61. The zero-order valence-corrected chi connectivity index (χ0v) is 15.7. The number of halogens is 1. The van der Waals surface area contributed by atoms with Crippen molar-refractivity contribution in [3.8, 4) is 17.6 Å². The Labute approximate surface area is 161 Å². The number of aromatic nitrogens is 1. The van der Waals surface area contributed by atoms with E-state index in [1.54, 1.807) is 41.9 Å². The molecule has 2 aromatic carbocycles. The SMILES string of the molecule is CCC#CCCOc1cccc(CNC(=O)c2ccc3ncsc3c2)c1F. The van der Waals surface area contributed by atoms with Crippen molar-refractivity contribution in [3.63, 3.8) is 0 Å². The molecule has 0 radical (unpaired) electrons. The Hall–Kier alpha value is -2.91. The molecule has 0 bridgehead atoms. The van der Waals surface area contributed by atoms with E-state index in [0.717, 1.165) is 16.6 Å². The van der Waals surface area contributed by atoms with Gasteiger partial charge < -0.3 is 10.1 Å². The smallest absolute Gasteiger partial charge is 0.251 e. The van der Waals surface area contributed by atoms with Crippen LogP contribution in [0.5, 0.6) is 5.75 Å². The highest BCUT2D eigenvalue weighted by Crippen LogP contribution is 2.21. The van der Waals surface area contributed by atoms with E-state index >= 15 is 0 Å². The molecule has 27 heavy (non-hydrogen) atoms. The monoisotopic (exact) mass is 382 g/mol. The van der Waals surface area contributed by atoms with Crippen LogP contribution in [0.2, 0.25) is 0 Å². The number of fused-ring (bicyclic) bond motifs is 1. The maximum absolute atomic E-state index is 14.5. The largest absolute Gasteiger partial charge is 0.490 e. The molecule has 0 spiro atoms. The standard InChI is InChI=1S/C21H19FN2O2S/c1-2-3-4-5-11-26-18-8-6-7-16(20(18)22)13-23-21(25)15-9-10-17-19(12-15)27-14-24-17/h6-10,12,14H,2,5,11,13H2,1H3,(H,23,25). The lowest BCUT2D eigenvalue weighted by atomic mass is 10.1. The van der Waals surface area contributed by atoms with E-state index in [1.807, 2.05) is 6.92 Å². The second-order valence-corrected chi connectivity index (χ2v) is 6.64. The molecule has 0 saturated carbocycles. The topological polar surface area (TPSA) is 51.2 Å². The molecule has 138 valence electrons. The molecule has 0 saturated heterocycles. The highest BCUT2D eigenvalue weighted by molar-refractivity contribution is 7.16. The van der Waals surface area contributed by atoms with Crippen molar-refractivity contribution in [1.29, 1.82) is 0 Å². The van der Waals surface area contributed by atoms with Crippen LogP contribution in [-0.4, -0.2) is 17.5 Å². The van der Waals surface area contributed by atoms with Crippen LogP contribution >= 0.6 is 11.3 Å². The number of carbonyl (C=O) groups excluding carboxylic acids is 1. The summed E-state index contributed by atoms with van der Waals surface area (Å²) in [5.74, 6) is 5.35. The Morgan fingerprint density at radius 2 is 2.19 bits per heavy atom. The van der Waals surface area contributed by atoms with Crippen molar-refractivity contribution in [2.75, 3.05) is 6.61 Å². The van der Waals surface area contributed by atoms with Crippen molar-refractivity contribution < 1.29 is 13.9 Å². The molecule has 1 aromatic heterocycles. The lowest BCUT2D eigenvalue weighted by Crippen LogP contribution is -2.23. The zero-order chi connectivity index (χ0) is 19.1. The van der Waals surface area contributed by atoms with Crippen LogP contribution in [0.4, 0.5) is 4.39 Å². The van der Waals surface area contributed by atoms with E-state index in [9.17, 15) is 9.18 Å². The van der Waals surface area contributed by atoms with E-state index in [-0.39, 0.29) is 18.2 Å². The van der Waals surface area contributed by atoms with E-state index in [1.165, 1.54) is 11.3 Å². The predicted molar refractivity (Wildman–Crippen MR) is 105 cm³/mol. The van der Waals surface area contributed by atoms with Gasteiger partial charge in [0.25, 0.3) is 5.91 Å². The van der Waals surface area contributed by atoms with Crippen LogP contribution < -0.4 is 10.1 Å². The molecule has 0 aliphatic carbocycles. The first-order chi connectivity index (χ1) is 13.2. The molecule has 4 nitrogen and oxygen atoms in total. The molecular formula is C21H19FN2O2S. The molecule has 1 amide bonds. The predicted octanol–water partition coefficient (Wildman–Crippen LogP) is 4.55. The van der Waals surface area contributed by atoms with Crippen molar-refractivity contribution in [2.45, 2.75) is 26.3 Å². The second-order valence-electron chi connectivity index (χ2n) is 5.75. The number of hydrogen-bond donors (Lipinski definition) is 1. The van der Waals surface area contributed by atoms with Gasteiger partial charge in [0, 0.05) is 30.5 Å². The number of nitrogens with zero attached hydrogens (tertiary/aromatic N) is 1. The molecule has 0 atom stereocenters. The number of amides is 1. The van der Waals surface area contributed by atoms with Crippen LogP contribution in [0.3, 0.4) is 0 Å². The zero-order valence-electron chi connectivity index (χ0n) is 14.9. The van der Waals surface area contributed by atoms with Gasteiger partial charge >= 0.3 is 0 Å². The molecule has 0 aliphatic rings. The molecular weight excluding hydrogens is 363 g/mol. The first kappa shape index (κ1) is 18.9.